The third-order valence-corrected chi connectivity index (χ3v) is 3.51. The van der Waals surface area contributed by atoms with E-state index in [0.717, 1.165) is 24.6 Å². The second kappa shape index (κ2) is 5.90. The van der Waals surface area contributed by atoms with E-state index < -0.39 is 0 Å². The minimum absolute atomic E-state index is 0.0740. The Balaban J connectivity index is 1.54. The summed E-state index contributed by atoms with van der Waals surface area (Å²) in [4.78, 5) is 24.5. The van der Waals surface area contributed by atoms with E-state index in [2.05, 4.69) is 20.0 Å². The predicted molar refractivity (Wildman–Crippen MR) is 75.8 cm³/mol. The predicted octanol–water partition coefficient (Wildman–Crippen LogP) is 0.664. The molecule has 1 aliphatic rings. The highest BCUT2D eigenvalue weighted by Crippen LogP contribution is 2.13. The van der Waals surface area contributed by atoms with Crippen molar-refractivity contribution in [3.63, 3.8) is 0 Å². The fraction of sp³-hybridized carbons (Fsp3) is 0.429. The Morgan fingerprint density at radius 1 is 1.29 bits per heavy atom. The van der Waals surface area contributed by atoms with E-state index in [0.29, 0.717) is 18.8 Å². The standard InChI is InChI=1S/C14H17N5O2/c1-11-8-12(21-17-11)9-14(20)19-6-4-18(5-7-19)13-10-15-2-3-16-13/h2-3,8,10H,4-7,9H2,1H3. The molecule has 1 amide bonds. The number of nitrogens with zero attached hydrogens (tertiary/aromatic N) is 5. The molecule has 0 spiro atoms. The lowest BCUT2D eigenvalue weighted by atomic mass is 10.2. The largest absolute Gasteiger partial charge is 0.361 e. The summed E-state index contributed by atoms with van der Waals surface area (Å²) in [5, 5.41) is 3.80. The average Bonchev–Trinajstić information content (AvgIpc) is 2.93. The van der Waals surface area contributed by atoms with Crippen molar-refractivity contribution in [2.24, 2.45) is 0 Å². The lowest BCUT2D eigenvalue weighted by molar-refractivity contribution is -0.131. The third kappa shape index (κ3) is 3.18. The summed E-state index contributed by atoms with van der Waals surface area (Å²) < 4.78 is 5.09. The smallest absolute Gasteiger partial charge is 0.230 e. The van der Waals surface area contributed by atoms with Crippen LogP contribution in [0.1, 0.15) is 11.5 Å². The maximum atomic E-state index is 12.2. The maximum Gasteiger partial charge on any atom is 0.230 e. The highest BCUT2D eigenvalue weighted by Gasteiger charge is 2.22. The molecule has 0 atom stereocenters. The molecule has 3 rings (SSSR count). The number of hydrogen-bond acceptors (Lipinski definition) is 6. The van der Waals surface area contributed by atoms with Gasteiger partial charge in [-0.3, -0.25) is 9.78 Å². The molecule has 0 bridgehead atoms. The first-order valence-electron chi connectivity index (χ1n) is 6.93. The Hall–Kier alpha value is -2.44. The van der Waals surface area contributed by atoms with E-state index in [1.807, 2.05) is 11.8 Å². The van der Waals surface area contributed by atoms with Crippen molar-refractivity contribution in [3.8, 4) is 0 Å². The number of aromatic nitrogens is 3. The molecule has 7 nitrogen and oxygen atoms in total. The highest BCUT2D eigenvalue weighted by atomic mass is 16.5. The van der Waals surface area contributed by atoms with Crippen LogP contribution in [0.15, 0.2) is 29.2 Å². The monoisotopic (exact) mass is 287 g/mol. The molecule has 7 heteroatoms. The number of carbonyl (C=O) groups excluding carboxylic acids is 1. The SMILES string of the molecule is Cc1cc(CC(=O)N2CCN(c3cnccn3)CC2)on1. The Morgan fingerprint density at radius 2 is 2.10 bits per heavy atom. The van der Waals surface area contributed by atoms with Gasteiger partial charge in [0.15, 0.2) is 0 Å². The molecule has 0 saturated carbocycles. The number of aryl methyl sites for hydroxylation is 1. The lowest BCUT2D eigenvalue weighted by Gasteiger charge is -2.35. The van der Waals surface area contributed by atoms with Gasteiger partial charge in [-0.05, 0) is 6.92 Å². The third-order valence-electron chi connectivity index (χ3n) is 3.51. The fourth-order valence-corrected chi connectivity index (χ4v) is 2.40. The van der Waals surface area contributed by atoms with Crippen LogP contribution in [-0.2, 0) is 11.2 Å². The molecule has 110 valence electrons. The minimum Gasteiger partial charge on any atom is -0.361 e. The van der Waals surface area contributed by atoms with Crippen molar-refractivity contribution < 1.29 is 9.32 Å². The molecule has 2 aromatic rings. The second-order valence-corrected chi connectivity index (χ2v) is 5.04. The molecule has 1 fully saturated rings. The van der Waals surface area contributed by atoms with Gasteiger partial charge in [-0.25, -0.2) is 4.98 Å². The van der Waals surface area contributed by atoms with Crippen molar-refractivity contribution in [1.29, 1.82) is 0 Å². The van der Waals surface area contributed by atoms with Crippen LogP contribution in [0.4, 0.5) is 5.82 Å². The van der Waals surface area contributed by atoms with Gasteiger partial charge in [-0.1, -0.05) is 5.16 Å². The van der Waals surface area contributed by atoms with Gasteiger partial charge < -0.3 is 14.3 Å². The number of rotatable bonds is 3. The minimum atomic E-state index is 0.0740. The molecule has 0 aromatic carbocycles. The zero-order valence-electron chi connectivity index (χ0n) is 11.9. The Labute approximate surface area is 122 Å². The first-order chi connectivity index (χ1) is 10.2. The zero-order chi connectivity index (χ0) is 14.7. The van der Waals surface area contributed by atoms with Gasteiger partial charge in [0.1, 0.15) is 11.6 Å². The molecule has 21 heavy (non-hydrogen) atoms. The summed E-state index contributed by atoms with van der Waals surface area (Å²) in [5.74, 6) is 1.55. The quantitative estimate of drug-likeness (QED) is 0.825. The fourth-order valence-electron chi connectivity index (χ4n) is 2.40. The van der Waals surface area contributed by atoms with Gasteiger partial charge in [-0.2, -0.15) is 0 Å². The van der Waals surface area contributed by atoms with Gasteiger partial charge in [-0.15, -0.1) is 0 Å². The first-order valence-corrected chi connectivity index (χ1v) is 6.93. The van der Waals surface area contributed by atoms with Crippen LogP contribution in [0.25, 0.3) is 0 Å². The van der Waals surface area contributed by atoms with Gasteiger partial charge in [0.2, 0.25) is 5.91 Å². The van der Waals surface area contributed by atoms with Gasteiger partial charge in [0.25, 0.3) is 0 Å². The Morgan fingerprint density at radius 3 is 2.71 bits per heavy atom. The summed E-state index contributed by atoms with van der Waals surface area (Å²) in [6.45, 7) is 4.74. The molecule has 1 aliphatic heterocycles. The zero-order valence-corrected chi connectivity index (χ0v) is 11.9. The van der Waals surface area contributed by atoms with Crippen LogP contribution < -0.4 is 4.90 Å². The van der Waals surface area contributed by atoms with Crippen molar-refractivity contribution in [1.82, 2.24) is 20.0 Å². The van der Waals surface area contributed by atoms with Crippen molar-refractivity contribution in [2.75, 3.05) is 31.1 Å². The molecule has 3 heterocycles. The number of anilines is 1. The number of amides is 1. The van der Waals surface area contributed by atoms with Crippen LogP contribution in [0.2, 0.25) is 0 Å². The average molecular weight is 287 g/mol. The van der Waals surface area contributed by atoms with Crippen LogP contribution in [0, 0.1) is 6.92 Å². The normalized spacial score (nSPS) is 15.3. The van der Waals surface area contributed by atoms with Crippen molar-refractivity contribution in [2.45, 2.75) is 13.3 Å². The summed E-state index contributed by atoms with van der Waals surface area (Å²) in [6, 6.07) is 1.80. The molecule has 1 saturated heterocycles. The Kier molecular flexibility index (Phi) is 3.81. The summed E-state index contributed by atoms with van der Waals surface area (Å²) >= 11 is 0. The number of piperazine rings is 1. The molecular weight excluding hydrogens is 270 g/mol. The van der Waals surface area contributed by atoms with Gasteiger partial charge in [0.05, 0.1) is 18.3 Å². The van der Waals surface area contributed by atoms with Crippen LogP contribution >= 0.6 is 0 Å². The topological polar surface area (TPSA) is 75.4 Å². The van der Waals surface area contributed by atoms with E-state index in [4.69, 9.17) is 4.52 Å². The highest BCUT2D eigenvalue weighted by molar-refractivity contribution is 5.78. The van der Waals surface area contributed by atoms with E-state index in [1.165, 1.54) is 0 Å². The van der Waals surface area contributed by atoms with Gasteiger partial charge >= 0.3 is 0 Å². The maximum absolute atomic E-state index is 12.2. The van der Waals surface area contributed by atoms with Gasteiger partial charge in [0, 0.05) is 44.6 Å². The second-order valence-electron chi connectivity index (χ2n) is 5.04. The summed E-state index contributed by atoms with van der Waals surface area (Å²) in [5.41, 5.74) is 0.797. The molecule has 0 radical (unpaired) electrons. The molecule has 2 aromatic heterocycles. The first kappa shape index (κ1) is 13.5. The molecule has 0 N–H and O–H groups in total. The van der Waals surface area contributed by atoms with Crippen molar-refractivity contribution in [3.05, 3.63) is 36.1 Å². The van der Waals surface area contributed by atoms with Crippen LogP contribution in [0.3, 0.4) is 0 Å². The molecular formula is C14H17N5O2. The van der Waals surface area contributed by atoms with E-state index in [9.17, 15) is 4.79 Å². The van der Waals surface area contributed by atoms with E-state index >= 15 is 0 Å². The molecule has 0 aliphatic carbocycles. The van der Waals surface area contributed by atoms with Crippen LogP contribution in [0.5, 0.6) is 0 Å². The summed E-state index contributed by atoms with van der Waals surface area (Å²) in [6.07, 6.45) is 5.35. The van der Waals surface area contributed by atoms with E-state index in [1.54, 1.807) is 24.7 Å². The Bertz CT molecular complexity index is 605. The van der Waals surface area contributed by atoms with E-state index in [-0.39, 0.29) is 12.3 Å². The molecule has 0 unspecified atom stereocenters. The van der Waals surface area contributed by atoms with Crippen LogP contribution in [-0.4, -0.2) is 52.1 Å². The summed E-state index contributed by atoms with van der Waals surface area (Å²) in [7, 11) is 0. The number of carbonyl (C=O) groups is 1. The van der Waals surface area contributed by atoms with Crippen molar-refractivity contribution >= 4 is 11.7 Å². The number of hydrogen-bond donors (Lipinski definition) is 0. The lowest BCUT2D eigenvalue weighted by Crippen LogP contribution is -2.49.